The molecule has 0 aliphatic carbocycles. The molecule has 0 atom stereocenters. The maximum Gasteiger partial charge on any atom is 1.00 e. The van der Waals surface area contributed by atoms with Gasteiger partial charge in [-0.1, -0.05) is 78.1 Å². The average Bonchev–Trinajstić information content (AvgIpc) is 2.10. The fourth-order valence-corrected chi connectivity index (χ4v) is 1.56. The Hall–Kier alpha value is 0.960. The fraction of sp³-hybridized carbons (Fsp3) is 1.00. The molecule has 0 aromatic heterocycles. The maximum atomic E-state index is 2.28. The largest absolute Gasteiger partial charge is 1.00 e. The monoisotopic (exact) mass is 211 g/mol. The molecule has 0 saturated carbocycles. The second-order valence-corrected chi connectivity index (χ2v) is 3.83. The third-order valence-electron chi connectivity index (χ3n) is 2.46. The fourth-order valence-electron chi connectivity index (χ4n) is 1.56. The molecule has 0 aliphatic rings. The van der Waals surface area contributed by atoms with Gasteiger partial charge in [-0.3, -0.25) is 0 Å². The summed E-state index contributed by atoms with van der Waals surface area (Å²) in [7, 11) is 0. The Kier molecular flexibility index (Phi) is 28.4. The first-order valence-electron chi connectivity index (χ1n) is 5.91. The SMILES string of the molecule is CCCCCCCCCCCC.N.[H-].[Na+]. The zero-order chi connectivity index (χ0) is 9.07. The van der Waals surface area contributed by atoms with Crippen molar-refractivity contribution < 1.29 is 31.0 Å². The molecule has 0 fully saturated rings. The molecule has 84 valence electrons. The molecule has 0 aliphatic heterocycles. The van der Waals surface area contributed by atoms with E-state index in [0.29, 0.717) is 0 Å². The summed E-state index contributed by atoms with van der Waals surface area (Å²) in [6.07, 6.45) is 14.4. The average molecular weight is 211 g/mol. The molecule has 0 aromatic rings. The molecule has 0 saturated heterocycles. The van der Waals surface area contributed by atoms with Crippen molar-refractivity contribution in [1.29, 1.82) is 0 Å². The van der Waals surface area contributed by atoms with E-state index in [0.717, 1.165) is 0 Å². The predicted octanol–water partition coefficient (Wildman–Crippen LogP) is 2.21. The minimum Gasteiger partial charge on any atom is -1.00 e. The van der Waals surface area contributed by atoms with E-state index >= 15 is 0 Å². The van der Waals surface area contributed by atoms with Gasteiger partial charge in [0.1, 0.15) is 0 Å². The van der Waals surface area contributed by atoms with E-state index in [1.54, 1.807) is 0 Å². The van der Waals surface area contributed by atoms with Crippen LogP contribution in [0.15, 0.2) is 0 Å². The molecule has 3 N–H and O–H groups in total. The molecular weight excluding hydrogens is 181 g/mol. The summed E-state index contributed by atoms with van der Waals surface area (Å²) < 4.78 is 0. The van der Waals surface area contributed by atoms with Gasteiger partial charge < -0.3 is 7.58 Å². The summed E-state index contributed by atoms with van der Waals surface area (Å²) in [4.78, 5) is 0. The van der Waals surface area contributed by atoms with Crippen LogP contribution in [-0.4, -0.2) is 0 Å². The molecule has 0 unspecified atom stereocenters. The molecule has 1 nitrogen and oxygen atoms in total. The normalized spacial score (nSPS) is 9.00. The van der Waals surface area contributed by atoms with Crippen LogP contribution in [0.25, 0.3) is 0 Å². The second kappa shape index (κ2) is 19.5. The van der Waals surface area contributed by atoms with Gasteiger partial charge in [0.15, 0.2) is 0 Å². The van der Waals surface area contributed by atoms with E-state index in [1.807, 2.05) is 0 Å². The Morgan fingerprint density at radius 2 is 0.786 bits per heavy atom. The molecular formula is C12H30NNa. The first-order valence-corrected chi connectivity index (χ1v) is 5.91. The first-order chi connectivity index (χ1) is 5.91. The van der Waals surface area contributed by atoms with Crippen molar-refractivity contribution in [3.63, 3.8) is 0 Å². The summed E-state index contributed by atoms with van der Waals surface area (Å²) in [6, 6.07) is 0. The molecule has 0 heterocycles. The van der Waals surface area contributed by atoms with E-state index < -0.39 is 0 Å². The topological polar surface area (TPSA) is 35.0 Å². The van der Waals surface area contributed by atoms with Gasteiger partial charge >= 0.3 is 29.6 Å². The maximum absolute atomic E-state index is 2.28. The Balaban J connectivity index is -0.000000202. The molecule has 2 heteroatoms. The van der Waals surface area contributed by atoms with Crippen LogP contribution in [0.1, 0.15) is 79.5 Å². The van der Waals surface area contributed by atoms with Crippen LogP contribution in [0.3, 0.4) is 0 Å². The van der Waals surface area contributed by atoms with Gasteiger partial charge in [-0.15, -0.1) is 0 Å². The molecule has 0 radical (unpaired) electrons. The Labute approximate surface area is 115 Å². The van der Waals surface area contributed by atoms with Gasteiger partial charge in [0, 0.05) is 0 Å². The molecule has 0 amide bonds. The zero-order valence-electron chi connectivity index (χ0n) is 11.8. The van der Waals surface area contributed by atoms with Gasteiger partial charge in [0.2, 0.25) is 0 Å². The van der Waals surface area contributed by atoms with Crippen LogP contribution >= 0.6 is 0 Å². The van der Waals surface area contributed by atoms with Gasteiger partial charge in [-0.25, -0.2) is 0 Å². The van der Waals surface area contributed by atoms with Crippen LogP contribution in [0.5, 0.6) is 0 Å². The van der Waals surface area contributed by atoms with Crippen molar-refractivity contribution in [1.82, 2.24) is 6.15 Å². The smallest absolute Gasteiger partial charge is 1.00 e. The quantitative estimate of drug-likeness (QED) is 0.460. The van der Waals surface area contributed by atoms with Crippen LogP contribution in [0, 0.1) is 0 Å². The van der Waals surface area contributed by atoms with Crippen LogP contribution < -0.4 is 35.7 Å². The number of rotatable bonds is 9. The van der Waals surface area contributed by atoms with E-state index in [9.17, 15) is 0 Å². The van der Waals surface area contributed by atoms with Crippen molar-refractivity contribution in [2.45, 2.75) is 78.1 Å². The Bertz CT molecular complexity index is 72.0. The zero-order valence-corrected chi connectivity index (χ0v) is 12.8. The number of unbranched alkanes of at least 4 members (excludes halogenated alkanes) is 9. The number of hydrogen-bond donors (Lipinski definition) is 1. The first kappa shape index (κ1) is 20.4. The second-order valence-electron chi connectivity index (χ2n) is 3.83. The molecule has 14 heavy (non-hydrogen) atoms. The molecule has 0 rings (SSSR count). The van der Waals surface area contributed by atoms with Crippen molar-refractivity contribution in [2.75, 3.05) is 0 Å². The van der Waals surface area contributed by atoms with Crippen LogP contribution in [-0.2, 0) is 0 Å². The third-order valence-corrected chi connectivity index (χ3v) is 2.46. The molecule has 0 spiro atoms. The van der Waals surface area contributed by atoms with Crippen molar-refractivity contribution in [3.8, 4) is 0 Å². The predicted molar refractivity (Wildman–Crippen MR) is 63.7 cm³/mol. The van der Waals surface area contributed by atoms with Gasteiger partial charge in [-0.05, 0) is 0 Å². The van der Waals surface area contributed by atoms with Gasteiger partial charge in [0.05, 0.1) is 0 Å². The third kappa shape index (κ3) is 18.7. The van der Waals surface area contributed by atoms with Crippen molar-refractivity contribution >= 4 is 0 Å². The summed E-state index contributed by atoms with van der Waals surface area (Å²) in [5, 5.41) is 0. The Morgan fingerprint density at radius 1 is 0.571 bits per heavy atom. The van der Waals surface area contributed by atoms with Crippen LogP contribution in [0.4, 0.5) is 0 Å². The van der Waals surface area contributed by atoms with Crippen molar-refractivity contribution in [2.24, 2.45) is 0 Å². The van der Waals surface area contributed by atoms with Gasteiger partial charge in [-0.2, -0.15) is 0 Å². The van der Waals surface area contributed by atoms with E-state index in [-0.39, 0.29) is 37.1 Å². The molecule has 0 aromatic carbocycles. The summed E-state index contributed by atoms with van der Waals surface area (Å²) in [5.41, 5.74) is 0. The summed E-state index contributed by atoms with van der Waals surface area (Å²) >= 11 is 0. The minimum absolute atomic E-state index is 0. The van der Waals surface area contributed by atoms with E-state index in [4.69, 9.17) is 0 Å². The standard InChI is InChI=1S/C12H26.H3N.Na.H/c1-3-5-7-9-11-12-10-8-6-4-2;;;/h3-12H2,1-2H3;1H3;;/q;;+1;-1. The van der Waals surface area contributed by atoms with E-state index in [1.165, 1.54) is 64.2 Å². The van der Waals surface area contributed by atoms with E-state index in [2.05, 4.69) is 13.8 Å². The van der Waals surface area contributed by atoms with Crippen molar-refractivity contribution in [3.05, 3.63) is 0 Å². The minimum atomic E-state index is 0. The Morgan fingerprint density at radius 3 is 1.00 bits per heavy atom. The van der Waals surface area contributed by atoms with Gasteiger partial charge in [0.25, 0.3) is 0 Å². The van der Waals surface area contributed by atoms with Crippen LogP contribution in [0.2, 0.25) is 0 Å². The number of hydrogen-bond acceptors (Lipinski definition) is 1. The summed E-state index contributed by atoms with van der Waals surface area (Å²) in [5.74, 6) is 0. The summed E-state index contributed by atoms with van der Waals surface area (Å²) in [6.45, 7) is 4.56. The molecule has 0 bridgehead atoms.